The number of carbonyl (C=O) groups excluding carboxylic acids is 1. The van der Waals surface area contributed by atoms with Gasteiger partial charge in [0.1, 0.15) is 17.3 Å². The van der Waals surface area contributed by atoms with E-state index in [0.29, 0.717) is 51.0 Å². The van der Waals surface area contributed by atoms with E-state index in [2.05, 4.69) is 110 Å². The Kier molecular flexibility index (Phi) is 10.5. The summed E-state index contributed by atoms with van der Waals surface area (Å²) in [6.07, 6.45) is 13.2. The molecule has 4 aromatic carbocycles. The summed E-state index contributed by atoms with van der Waals surface area (Å²) in [4.78, 5) is 12.5. The van der Waals surface area contributed by atoms with Crippen molar-refractivity contribution in [1.82, 2.24) is 0 Å². The molecule has 4 aromatic rings. The number of thioether (sulfide) groups is 2. The van der Waals surface area contributed by atoms with Gasteiger partial charge in [-0.1, -0.05) is 86.6 Å². The molecule has 5 heteroatoms. The average Bonchev–Trinajstić information content (AvgIpc) is 3.62. The number of aromatic hydroxyl groups is 2. The molecule has 5 aliphatic rings. The van der Waals surface area contributed by atoms with Crippen molar-refractivity contribution in [3.05, 3.63) is 130 Å². The summed E-state index contributed by atoms with van der Waals surface area (Å²) in [5, 5.41) is 19.8. The number of Topliss-reactive ketones (excluding diaryl/α,β-unsaturated/α-hetero) is 1. The number of rotatable bonds is 6. The van der Waals surface area contributed by atoms with E-state index in [1.807, 2.05) is 18.2 Å². The van der Waals surface area contributed by atoms with Crippen molar-refractivity contribution in [3.63, 3.8) is 0 Å². The molecule has 0 unspecified atom stereocenters. The van der Waals surface area contributed by atoms with Gasteiger partial charge in [-0.3, -0.25) is 4.79 Å². The van der Waals surface area contributed by atoms with E-state index in [1.165, 1.54) is 77.0 Å². The van der Waals surface area contributed by atoms with Crippen molar-refractivity contribution >= 4 is 29.3 Å². The van der Waals surface area contributed by atoms with Gasteiger partial charge in [-0.2, -0.15) is 0 Å². The first-order chi connectivity index (χ1) is 25.6. The molecule has 1 aliphatic heterocycles. The minimum absolute atomic E-state index is 0.187. The van der Waals surface area contributed by atoms with Gasteiger partial charge in [0.25, 0.3) is 0 Å². The van der Waals surface area contributed by atoms with E-state index in [9.17, 15) is 15.0 Å². The molecule has 278 valence electrons. The summed E-state index contributed by atoms with van der Waals surface area (Å²) in [6.45, 7) is 4.98. The van der Waals surface area contributed by atoms with Crippen LogP contribution in [0.1, 0.15) is 110 Å². The largest absolute Gasteiger partial charge is 0.508 e. The molecule has 3 nitrogen and oxygen atoms in total. The van der Waals surface area contributed by atoms with Gasteiger partial charge >= 0.3 is 0 Å². The van der Waals surface area contributed by atoms with Gasteiger partial charge in [0.2, 0.25) is 0 Å². The van der Waals surface area contributed by atoms with Crippen LogP contribution in [-0.2, 0) is 30.5 Å². The van der Waals surface area contributed by atoms with Crippen molar-refractivity contribution in [1.29, 1.82) is 0 Å². The summed E-state index contributed by atoms with van der Waals surface area (Å²) in [5.74, 6) is 5.93. The van der Waals surface area contributed by atoms with Crippen LogP contribution in [0.4, 0.5) is 0 Å². The summed E-state index contributed by atoms with van der Waals surface area (Å²) >= 11 is 4.47. The number of phenols is 2. The van der Waals surface area contributed by atoms with Gasteiger partial charge in [0.05, 0.1) is 4.08 Å². The number of hydrogen-bond acceptors (Lipinski definition) is 5. The Balaban J connectivity index is 0.000000152. The molecule has 1 saturated heterocycles. The van der Waals surface area contributed by atoms with Crippen LogP contribution in [-0.4, -0.2) is 31.6 Å². The van der Waals surface area contributed by atoms with E-state index >= 15 is 0 Å². The number of fused-ring (bicyclic) bond motifs is 6. The quantitative estimate of drug-likeness (QED) is 0.206. The van der Waals surface area contributed by atoms with E-state index in [1.54, 1.807) is 6.07 Å². The second-order valence-corrected chi connectivity index (χ2v) is 20.5. The third-order valence-electron chi connectivity index (χ3n) is 14.4. The van der Waals surface area contributed by atoms with Gasteiger partial charge in [-0.25, -0.2) is 0 Å². The lowest BCUT2D eigenvalue weighted by atomic mass is 9.53. The zero-order chi connectivity index (χ0) is 36.6. The smallest absolute Gasteiger partial charge is 0.133 e. The number of ketones is 1. The van der Waals surface area contributed by atoms with Crippen molar-refractivity contribution in [2.45, 2.75) is 107 Å². The minimum atomic E-state index is 0.187. The van der Waals surface area contributed by atoms with E-state index < -0.39 is 0 Å². The number of hydrogen-bond donors (Lipinski definition) is 2. The second kappa shape index (κ2) is 15.2. The molecule has 0 aromatic heterocycles. The van der Waals surface area contributed by atoms with Crippen LogP contribution in [0, 0.1) is 22.7 Å². The second-order valence-electron chi connectivity index (χ2n) is 17.3. The van der Waals surface area contributed by atoms with Gasteiger partial charge in [0.15, 0.2) is 0 Å². The molecule has 53 heavy (non-hydrogen) atoms. The molecule has 0 amide bonds. The van der Waals surface area contributed by atoms with Crippen molar-refractivity contribution in [2.24, 2.45) is 22.7 Å². The maximum atomic E-state index is 12.5. The number of carbonyl (C=O) groups is 1. The van der Waals surface area contributed by atoms with E-state index in [-0.39, 0.29) is 5.41 Å². The first-order valence-corrected chi connectivity index (χ1v) is 22.1. The van der Waals surface area contributed by atoms with E-state index in [4.69, 9.17) is 0 Å². The Bertz CT molecular complexity index is 1900. The molecule has 1 spiro atoms. The first-order valence-electron chi connectivity index (χ1n) is 20.2. The topological polar surface area (TPSA) is 57.5 Å². The number of aryl methyl sites for hydroxylation is 4. The van der Waals surface area contributed by atoms with Crippen molar-refractivity contribution < 1.29 is 15.0 Å². The fourth-order valence-electron chi connectivity index (χ4n) is 11.2. The van der Waals surface area contributed by atoms with Gasteiger partial charge in [0, 0.05) is 24.3 Å². The molecule has 2 saturated carbocycles. The zero-order valence-electron chi connectivity index (χ0n) is 31.6. The highest BCUT2D eigenvalue weighted by atomic mass is 32.2. The molecule has 3 fully saturated rings. The minimum Gasteiger partial charge on any atom is -0.508 e. The standard InChI is InChI=1S/C25H30OS2.C23H26O2/c1-24-12-11-19-15-21(26)9-10-22(19)23(24)17-25(27-13-14-28-25)16-20(24)8-7-18-5-3-2-4-6-18;1-23-12-11-17-13-19(24)9-10-21(17)22(23)15-20(25)14-18(23)8-7-16-5-3-2-4-6-16/h2-6,9-10,15,20,23,26H,7-8,11-14,16-17H2,1H3;2-6,9-10,13,18,22,24H,7-8,11-12,14-15H2,1H3/t20-,23+,24-;18-,22+,23-/m00/s1. The van der Waals surface area contributed by atoms with Crippen LogP contribution in [0.25, 0.3) is 0 Å². The monoisotopic (exact) mass is 744 g/mol. The fourth-order valence-corrected chi connectivity index (χ4v) is 14.7. The fraction of sp³-hybridized carbons (Fsp3) is 0.479. The average molecular weight is 745 g/mol. The molecule has 0 bridgehead atoms. The molecular weight excluding hydrogens is 689 g/mol. The molecule has 2 N–H and O–H groups in total. The highest BCUT2D eigenvalue weighted by Crippen LogP contribution is 2.66. The first kappa shape index (κ1) is 36.8. The lowest BCUT2D eigenvalue weighted by molar-refractivity contribution is -0.126. The van der Waals surface area contributed by atoms with Crippen LogP contribution >= 0.6 is 23.5 Å². The highest BCUT2D eigenvalue weighted by molar-refractivity contribution is 8.21. The number of benzene rings is 4. The molecule has 0 radical (unpaired) electrons. The Hall–Kier alpha value is -3.15. The number of phenolic OH excluding ortho intramolecular Hbond substituents is 2. The molecular formula is C48H56O3S2. The molecule has 9 rings (SSSR count). The van der Waals surface area contributed by atoms with Crippen LogP contribution in [0.5, 0.6) is 11.5 Å². The summed E-state index contributed by atoms with van der Waals surface area (Å²) in [5.41, 5.74) is 8.87. The van der Waals surface area contributed by atoms with E-state index in [0.717, 1.165) is 44.4 Å². The normalized spacial score (nSPS) is 29.6. The summed E-state index contributed by atoms with van der Waals surface area (Å²) in [6, 6.07) is 33.6. The zero-order valence-corrected chi connectivity index (χ0v) is 33.2. The Morgan fingerprint density at radius 1 is 0.623 bits per heavy atom. The predicted molar refractivity (Wildman–Crippen MR) is 222 cm³/mol. The third kappa shape index (κ3) is 7.46. The van der Waals surface area contributed by atoms with Gasteiger partial charge < -0.3 is 10.2 Å². The van der Waals surface area contributed by atoms with Crippen molar-refractivity contribution in [2.75, 3.05) is 11.5 Å². The van der Waals surface area contributed by atoms with Crippen LogP contribution in [0.2, 0.25) is 0 Å². The predicted octanol–water partition coefficient (Wildman–Crippen LogP) is 11.7. The maximum absolute atomic E-state index is 12.5. The molecule has 6 atom stereocenters. The van der Waals surface area contributed by atoms with Crippen LogP contribution < -0.4 is 0 Å². The highest BCUT2D eigenvalue weighted by Gasteiger charge is 2.55. The lowest BCUT2D eigenvalue weighted by Crippen LogP contribution is -2.47. The summed E-state index contributed by atoms with van der Waals surface area (Å²) in [7, 11) is 0. The SMILES string of the molecule is C[C@@]12CCc3cc(O)ccc3[C@H]1CC(=O)C[C@@H]2CCc1ccccc1.C[C@@]12CCc3cc(O)ccc3[C@H]1CC1(C[C@@H]2CCc2ccccc2)SCCS1. The van der Waals surface area contributed by atoms with Crippen molar-refractivity contribution in [3.8, 4) is 11.5 Å². The Morgan fingerprint density at radius 3 is 1.70 bits per heavy atom. The maximum Gasteiger partial charge on any atom is 0.133 e. The molecule has 4 aliphatic carbocycles. The third-order valence-corrected chi connectivity index (χ3v) is 17.9. The van der Waals surface area contributed by atoms with Gasteiger partial charge in [-0.15, -0.1) is 23.5 Å². The summed E-state index contributed by atoms with van der Waals surface area (Å²) < 4.78 is 0.415. The Labute approximate surface area is 325 Å². The lowest BCUT2D eigenvalue weighted by Gasteiger charge is -2.56. The van der Waals surface area contributed by atoms with Gasteiger partial charge in [-0.05, 0) is 156 Å². The van der Waals surface area contributed by atoms with Crippen LogP contribution in [0.15, 0.2) is 97.1 Å². The Morgan fingerprint density at radius 2 is 1.13 bits per heavy atom. The van der Waals surface area contributed by atoms with Crippen LogP contribution in [0.3, 0.4) is 0 Å². The molecule has 1 heterocycles.